The van der Waals surface area contributed by atoms with Crippen LogP contribution >= 0.6 is 0 Å². The van der Waals surface area contributed by atoms with Gasteiger partial charge in [-0.1, -0.05) is 18.2 Å². The predicted molar refractivity (Wildman–Crippen MR) is 104 cm³/mol. The molecule has 164 valence electrons. The largest absolute Gasteiger partial charge is 0.495 e. The number of hydrogen-bond donors (Lipinski definition) is 1. The number of alkyl halides is 3. The molecule has 1 atom stereocenters. The minimum absolute atomic E-state index is 0.0628. The highest BCUT2D eigenvalue weighted by atomic mass is 19.4. The molecule has 0 radical (unpaired) electrons. The van der Waals surface area contributed by atoms with Gasteiger partial charge in [0.1, 0.15) is 5.75 Å². The van der Waals surface area contributed by atoms with E-state index in [1.807, 2.05) is 0 Å². The van der Waals surface area contributed by atoms with Crippen molar-refractivity contribution < 1.29 is 37.0 Å². The molecule has 1 unspecified atom stereocenters. The van der Waals surface area contributed by atoms with E-state index in [0.717, 1.165) is 18.2 Å². The van der Waals surface area contributed by atoms with Crippen LogP contribution in [-0.4, -0.2) is 38.0 Å². The van der Waals surface area contributed by atoms with Gasteiger partial charge in [0.15, 0.2) is 6.61 Å². The Bertz CT molecular complexity index is 993. The summed E-state index contributed by atoms with van der Waals surface area (Å²) in [6.07, 6.45) is -4.64. The van der Waals surface area contributed by atoms with Crippen molar-refractivity contribution in [3.05, 3.63) is 54.1 Å². The highest BCUT2D eigenvalue weighted by Gasteiger charge is 2.37. The number of ether oxygens (including phenoxy) is 2. The molecule has 1 saturated heterocycles. The van der Waals surface area contributed by atoms with Crippen molar-refractivity contribution in [3.63, 3.8) is 0 Å². The molecule has 3 rings (SSSR count). The summed E-state index contributed by atoms with van der Waals surface area (Å²) in [5.74, 6) is -2.13. The first-order valence-corrected chi connectivity index (χ1v) is 9.26. The first-order chi connectivity index (χ1) is 14.7. The quantitative estimate of drug-likeness (QED) is 0.703. The highest BCUT2D eigenvalue weighted by Crippen LogP contribution is 2.33. The van der Waals surface area contributed by atoms with Crippen LogP contribution in [0.3, 0.4) is 0 Å². The van der Waals surface area contributed by atoms with Gasteiger partial charge < -0.3 is 19.7 Å². The lowest BCUT2D eigenvalue weighted by molar-refractivity contribution is -0.151. The van der Waals surface area contributed by atoms with Crippen LogP contribution in [0.1, 0.15) is 12.0 Å². The molecule has 10 heteroatoms. The molecule has 0 aromatic heterocycles. The Kier molecular flexibility index (Phi) is 6.47. The fourth-order valence-corrected chi connectivity index (χ4v) is 3.18. The van der Waals surface area contributed by atoms with Crippen LogP contribution in [0.5, 0.6) is 5.75 Å². The van der Waals surface area contributed by atoms with Crippen molar-refractivity contribution in [3.8, 4) is 5.75 Å². The number of halogens is 3. The smallest absolute Gasteiger partial charge is 0.416 e. The number of rotatable bonds is 6. The molecule has 2 amide bonds. The monoisotopic (exact) mass is 436 g/mol. The van der Waals surface area contributed by atoms with Crippen LogP contribution in [0.25, 0.3) is 0 Å². The third kappa shape index (κ3) is 5.33. The zero-order valence-corrected chi connectivity index (χ0v) is 16.4. The summed E-state index contributed by atoms with van der Waals surface area (Å²) in [4.78, 5) is 38.0. The van der Waals surface area contributed by atoms with Crippen molar-refractivity contribution in [2.24, 2.45) is 5.92 Å². The molecule has 2 aromatic rings. The molecule has 1 N–H and O–H groups in total. The zero-order chi connectivity index (χ0) is 22.6. The van der Waals surface area contributed by atoms with Gasteiger partial charge in [-0.05, 0) is 30.3 Å². The van der Waals surface area contributed by atoms with Gasteiger partial charge in [-0.15, -0.1) is 0 Å². The first-order valence-electron chi connectivity index (χ1n) is 9.26. The Morgan fingerprint density at radius 3 is 2.61 bits per heavy atom. The fraction of sp³-hybridized carbons (Fsp3) is 0.286. The number of para-hydroxylation sites is 2. The molecular weight excluding hydrogens is 417 g/mol. The second kappa shape index (κ2) is 9.07. The number of nitrogens with zero attached hydrogens (tertiary/aromatic N) is 1. The van der Waals surface area contributed by atoms with Gasteiger partial charge in [0.25, 0.3) is 5.91 Å². The number of methoxy groups -OCH3 is 1. The molecule has 1 aliphatic rings. The van der Waals surface area contributed by atoms with Crippen LogP contribution < -0.4 is 15.0 Å². The van der Waals surface area contributed by atoms with Crippen molar-refractivity contribution in [2.75, 3.05) is 30.5 Å². The second-order valence-electron chi connectivity index (χ2n) is 6.81. The summed E-state index contributed by atoms with van der Waals surface area (Å²) in [6, 6.07) is 10.9. The normalized spacial score (nSPS) is 16.2. The molecule has 0 spiro atoms. The minimum Gasteiger partial charge on any atom is -0.495 e. The van der Waals surface area contributed by atoms with Gasteiger partial charge in [0.2, 0.25) is 5.91 Å². The SMILES string of the molecule is COc1ccccc1N1CC(C(=O)OCC(=O)Nc2cccc(C(F)(F)F)c2)CC1=O. The molecule has 31 heavy (non-hydrogen) atoms. The topological polar surface area (TPSA) is 84.9 Å². The number of esters is 1. The number of nitrogens with one attached hydrogen (secondary N) is 1. The lowest BCUT2D eigenvalue weighted by Crippen LogP contribution is -2.28. The average molecular weight is 436 g/mol. The number of carbonyl (C=O) groups excluding carboxylic acids is 3. The van der Waals surface area contributed by atoms with Gasteiger partial charge >= 0.3 is 12.1 Å². The lowest BCUT2D eigenvalue weighted by atomic mass is 10.1. The summed E-state index contributed by atoms with van der Waals surface area (Å²) >= 11 is 0. The maximum absolute atomic E-state index is 12.7. The standard InChI is InChI=1S/C21H19F3N2O5/c1-30-17-8-3-2-7-16(17)26-11-13(9-19(26)28)20(29)31-12-18(27)25-15-6-4-5-14(10-15)21(22,23)24/h2-8,10,13H,9,11-12H2,1H3,(H,25,27). The molecule has 0 saturated carbocycles. The van der Waals surface area contributed by atoms with E-state index < -0.39 is 36.1 Å². The zero-order valence-electron chi connectivity index (χ0n) is 16.4. The van der Waals surface area contributed by atoms with Gasteiger partial charge in [-0.3, -0.25) is 14.4 Å². The average Bonchev–Trinajstić information content (AvgIpc) is 3.13. The van der Waals surface area contributed by atoms with Crippen molar-refractivity contribution >= 4 is 29.2 Å². The van der Waals surface area contributed by atoms with Crippen LogP contribution in [0.15, 0.2) is 48.5 Å². The van der Waals surface area contributed by atoms with Crippen molar-refractivity contribution in [2.45, 2.75) is 12.6 Å². The van der Waals surface area contributed by atoms with Gasteiger partial charge in [-0.25, -0.2) is 0 Å². The molecule has 1 aliphatic heterocycles. The predicted octanol–water partition coefficient (Wildman–Crippen LogP) is 3.25. The van der Waals surface area contributed by atoms with E-state index in [1.54, 1.807) is 24.3 Å². The van der Waals surface area contributed by atoms with E-state index in [4.69, 9.17) is 9.47 Å². The van der Waals surface area contributed by atoms with E-state index in [1.165, 1.54) is 18.1 Å². The number of amides is 2. The highest BCUT2D eigenvalue weighted by molar-refractivity contribution is 6.01. The molecular formula is C21H19F3N2O5. The summed E-state index contributed by atoms with van der Waals surface area (Å²) in [5, 5.41) is 2.25. The molecule has 2 aromatic carbocycles. The Balaban J connectivity index is 1.55. The van der Waals surface area contributed by atoms with Crippen LogP contribution in [0, 0.1) is 5.92 Å². The van der Waals surface area contributed by atoms with E-state index in [-0.39, 0.29) is 24.6 Å². The number of carbonyl (C=O) groups is 3. The van der Waals surface area contributed by atoms with Crippen LogP contribution in [0.4, 0.5) is 24.5 Å². The Hall–Kier alpha value is -3.56. The number of anilines is 2. The molecule has 1 fully saturated rings. The Morgan fingerprint density at radius 2 is 1.90 bits per heavy atom. The summed E-state index contributed by atoms with van der Waals surface area (Å²) in [7, 11) is 1.47. The van der Waals surface area contributed by atoms with Gasteiger partial charge in [-0.2, -0.15) is 13.2 Å². The van der Waals surface area contributed by atoms with Crippen LogP contribution in [0.2, 0.25) is 0 Å². The van der Waals surface area contributed by atoms with Gasteiger partial charge in [0.05, 0.1) is 24.3 Å². The molecule has 0 aliphatic carbocycles. The fourth-order valence-electron chi connectivity index (χ4n) is 3.18. The Morgan fingerprint density at radius 1 is 1.16 bits per heavy atom. The molecule has 1 heterocycles. The number of benzene rings is 2. The number of hydrogen-bond acceptors (Lipinski definition) is 5. The maximum atomic E-state index is 12.7. The maximum Gasteiger partial charge on any atom is 0.416 e. The molecule has 0 bridgehead atoms. The van der Waals surface area contributed by atoms with Crippen molar-refractivity contribution in [1.82, 2.24) is 0 Å². The first kappa shape index (κ1) is 22.1. The summed E-state index contributed by atoms with van der Waals surface area (Å²) < 4.78 is 48.4. The second-order valence-corrected chi connectivity index (χ2v) is 6.81. The lowest BCUT2D eigenvalue weighted by Gasteiger charge is -2.19. The van der Waals surface area contributed by atoms with E-state index in [0.29, 0.717) is 11.4 Å². The van der Waals surface area contributed by atoms with Crippen LogP contribution in [-0.2, 0) is 25.3 Å². The van der Waals surface area contributed by atoms with Crippen molar-refractivity contribution in [1.29, 1.82) is 0 Å². The van der Waals surface area contributed by atoms with E-state index in [2.05, 4.69) is 5.32 Å². The Labute approximate surface area is 175 Å². The third-order valence-electron chi connectivity index (χ3n) is 4.65. The van der Waals surface area contributed by atoms with Gasteiger partial charge in [0, 0.05) is 18.7 Å². The minimum atomic E-state index is -4.55. The summed E-state index contributed by atoms with van der Waals surface area (Å²) in [5.41, 5.74) is -0.468. The molecule has 7 nitrogen and oxygen atoms in total. The van der Waals surface area contributed by atoms with E-state index >= 15 is 0 Å². The summed E-state index contributed by atoms with van der Waals surface area (Å²) in [6.45, 7) is -0.623. The third-order valence-corrected chi connectivity index (χ3v) is 4.65. The van der Waals surface area contributed by atoms with E-state index in [9.17, 15) is 27.6 Å².